The van der Waals surface area contributed by atoms with E-state index in [4.69, 9.17) is 9.97 Å². The summed E-state index contributed by atoms with van der Waals surface area (Å²) >= 11 is -2.06. The van der Waals surface area contributed by atoms with Crippen LogP contribution in [0.25, 0.3) is 44.8 Å². The van der Waals surface area contributed by atoms with Gasteiger partial charge in [0.2, 0.25) is 0 Å². The fraction of sp³-hybridized carbons (Fsp3) is 0.261. The van der Waals surface area contributed by atoms with Gasteiger partial charge in [-0.3, -0.25) is 0 Å². The summed E-state index contributed by atoms with van der Waals surface area (Å²) in [5, 5.41) is 1.48. The van der Waals surface area contributed by atoms with Gasteiger partial charge in [-0.05, 0) is 22.2 Å². The van der Waals surface area contributed by atoms with Gasteiger partial charge in [0.25, 0.3) is 0 Å². The van der Waals surface area contributed by atoms with E-state index in [2.05, 4.69) is 174 Å². The molecule has 6 aromatic rings. The second-order valence-electron chi connectivity index (χ2n) is 16.4. The number of aromatic nitrogens is 2. The molecule has 2 heterocycles. The van der Waals surface area contributed by atoms with E-state index in [1.54, 1.807) is 0 Å². The van der Waals surface area contributed by atoms with E-state index >= 15 is 0 Å². The number of hydrogen-bond donors (Lipinski definition) is 0. The molecule has 0 saturated heterocycles. The zero-order chi connectivity index (χ0) is 36.1. The fourth-order valence-corrected chi connectivity index (χ4v) is 10.8. The number of nitrogens with zero attached hydrogens (tertiary/aromatic N) is 2. The van der Waals surface area contributed by atoms with Crippen LogP contribution in [0.2, 0.25) is 36.9 Å². The van der Waals surface area contributed by atoms with Gasteiger partial charge >= 0.3 is 171 Å². The predicted octanol–water partition coefficient (Wildman–Crippen LogP) is 11.7. The molecular formula is C46H52GeIrN2Si-2. The average Bonchev–Trinajstić information content (AvgIpc) is 3.11. The van der Waals surface area contributed by atoms with Gasteiger partial charge in [-0.2, -0.15) is 0 Å². The second-order valence-corrected chi connectivity index (χ2v) is 32.0. The number of pyridine rings is 2. The summed E-state index contributed by atoms with van der Waals surface area (Å²) in [5.41, 5.74) is 10.8. The van der Waals surface area contributed by atoms with Crippen molar-refractivity contribution in [3.63, 3.8) is 0 Å². The van der Waals surface area contributed by atoms with Crippen molar-refractivity contribution in [2.24, 2.45) is 5.41 Å². The van der Waals surface area contributed by atoms with E-state index in [0.717, 1.165) is 22.5 Å². The molecule has 0 aliphatic heterocycles. The van der Waals surface area contributed by atoms with Crippen LogP contribution >= 0.6 is 0 Å². The maximum Gasteiger partial charge on any atom is 0 e. The number of benzene rings is 4. The van der Waals surface area contributed by atoms with Crippen molar-refractivity contribution in [2.45, 2.75) is 70.5 Å². The minimum atomic E-state index is -2.06. The maximum absolute atomic E-state index is 4.85. The summed E-state index contributed by atoms with van der Waals surface area (Å²) < 4.78 is 1.44. The molecule has 4 aromatic carbocycles. The van der Waals surface area contributed by atoms with Crippen molar-refractivity contribution >= 4 is 30.9 Å². The van der Waals surface area contributed by atoms with Gasteiger partial charge in [-0.25, -0.2) is 0 Å². The maximum atomic E-state index is 4.85. The van der Waals surface area contributed by atoms with E-state index in [9.17, 15) is 0 Å². The quantitative estimate of drug-likeness (QED) is 0.118. The van der Waals surface area contributed by atoms with Crippen LogP contribution in [0.4, 0.5) is 0 Å². The first-order valence-electron chi connectivity index (χ1n) is 17.7. The Morgan fingerprint density at radius 2 is 1.20 bits per heavy atom. The predicted molar refractivity (Wildman–Crippen MR) is 222 cm³/mol. The summed E-state index contributed by atoms with van der Waals surface area (Å²) in [6.45, 7) is 16.5. The SMILES string of the molecule is CC(c1cc(-c2[c-]cccc2)ncc1[Si](C)(C)C)C(C)(C)C.[CH3][Ge]([CH3])([CH3])[c]1cnc(-c2[c-]ccc(-c3ccccc3)c2)cc1-c1ccccc1.[Ir]. The summed E-state index contributed by atoms with van der Waals surface area (Å²) in [6.07, 6.45) is 4.24. The molecule has 1 unspecified atom stereocenters. The molecule has 0 bridgehead atoms. The number of rotatable bonds is 7. The third-order valence-corrected chi connectivity index (χ3v) is 15.7. The van der Waals surface area contributed by atoms with Crippen molar-refractivity contribution in [3.05, 3.63) is 145 Å². The van der Waals surface area contributed by atoms with Gasteiger partial charge in [-0.1, -0.05) is 59.0 Å². The Balaban J connectivity index is 0.000000231. The third kappa shape index (κ3) is 10.4. The van der Waals surface area contributed by atoms with Gasteiger partial charge in [0.05, 0.1) is 8.07 Å². The van der Waals surface area contributed by atoms with Crippen LogP contribution < -0.4 is 9.58 Å². The molecular weight excluding hydrogens is 873 g/mol. The first-order chi connectivity index (χ1) is 23.6. The van der Waals surface area contributed by atoms with E-state index in [1.165, 1.54) is 37.4 Å². The van der Waals surface area contributed by atoms with Gasteiger partial charge in [0.1, 0.15) is 0 Å². The van der Waals surface area contributed by atoms with Gasteiger partial charge in [0, 0.05) is 26.3 Å². The molecule has 0 fully saturated rings. The molecule has 5 heteroatoms. The third-order valence-electron chi connectivity index (χ3n) is 9.48. The summed E-state index contributed by atoms with van der Waals surface area (Å²) in [5.74, 6) is 7.77. The Morgan fingerprint density at radius 1 is 0.627 bits per heavy atom. The minimum absolute atomic E-state index is 0. The van der Waals surface area contributed by atoms with Crippen LogP contribution in [0.5, 0.6) is 0 Å². The van der Waals surface area contributed by atoms with Crippen molar-refractivity contribution in [3.8, 4) is 44.8 Å². The summed E-state index contributed by atoms with van der Waals surface area (Å²) in [4.78, 5) is 9.60. The van der Waals surface area contributed by atoms with Crippen LogP contribution in [0.1, 0.15) is 39.2 Å². The van der Waals surface area contributed by atoms with E-state index in [1.807, 2.05) is 30.3 Å². The molecule has 0 saturated carbocycles. The van der Waals surface area contributed by atoms with Gasteiger partial charge in [0.15, 0.2) is 0 Å². The minimum Gasteiger partial charge on any atom is 0 e. The molecule has 0 spiro atoms. The Labute approximate surface area is 325 Å². The van der Waals surface area contributed by atoms with Crippen LogP contribution in [-0.2, 0) is 20.1 Å². The van der Waals surface area contributed by atoms with Crippen molar-refractivity contribution in [1.82, 2.24) is 9.97 Å². The summed E-state index contributed by atoms with van der Waals surface area (Å²) in [6, 6.07) is 46.7. The average molecular weight is 926 g/mol. The first-order valence-corrected chi connectivity index (χ1v) is 28.6. The van der Waals surface area contributed by atoms with Crippen LogP contribution in [0.15, 0.2) is 128 Å². The monoisotopic (exact) mass is 927 g/mol. The van der Waals surface area contributed by atoms with Crippen molar-refractivity contribution in [2.75, 3.05) is 0 Å². The van der Waals surface area contributed by atoms with Crippen molar-refractivity contribution < 1.29 is 20.1 Å². The molecule has 0 aliphatic rings. The number of hydrogen-bond acceptors (Lipinski definition) is 2. The molecule has 2 nitrogen and oxygen atoms in total. The Hall–Kier alpha value is -3.41. The topological polar surface area (TPSA) is 25.8 Å². The molecule has 0 N–H and O–H groups in total. The second kappa shape index (κ2) is 16.9. The van der Waals surface area contributed by atoms with Crippen LogP contribution in [0.3, 0.4) is 0 Å². The standard InChI is InChI=1S/C26H24GeN.C20H28NSi.Ir/c1-27(2,3)25-19-28-26(18-24(25)21-13-8-5-9-14-21)23-16-10-15-22(17-23)20-11-6-4-7-12-20;1-15(20(2,3)4)17-13-18(16-11-9-8-10-12-16)21-14-19(17)22(5,6)7;/h4-15,17-19H,1-3H3;8-11,13-15H,1-7H3;/q2*-1;. The molecule has 265 valence electrons. The van der Waals surface area contributed by atoms with E-state index in [-0.39, 0.29) is 25.5 Å². The van der Waals surface area contributed by atoms with Gasteiger partial charge in [-0.15, -0.1) is 35.9 Å². The molecule has 0 amide bonds. The fourth-order valence-electron chi connectivity index (χ4n) is 6.10. The Morgan fingerprint density at radius 3 is 1.76 bits per heavy atom. The van der Waals surface area contributed by atoms with Crippen LogP contribution in [-0.4, -0.2) is 31.3 Å². The molecule has 1 radical (unpaired) electrons. The molecule has 1 atom stereocenters. The smallest absolute Gasteiger partial charge is 0 e. The van der Waals surface area contributed by atoms with E-state index in [0.29, 0.717) is 5.92 Å². The Kier molecular flexibility index (Phi) is 13.4. The normalized spacial score (nSPS) is 12.3. The van der Waals surface area contributed by atoms with Crippen LogP contribution in [0, 0.1) is 17.5 Å². The molecule has 2 aromatic heterocycles. The molecule has 6 rings (SSSR count). The van der Waals surface area contributed by atoms with E-state index < -0.39 is 21.3 Å². The first kappa shape index (κ1) is 40.4. The Bertz CT molecular complexity index is 2010. The largest absolute Gasteiger partial charge is 0 e. The van der Waals surface area contributed by atoms with Gasteiger partial charge < -0.3 is 4.98 Å². The van der Waals surface area contributed by atoms with Crippen molar-refractivity contribution in [1.29, 1.82) is 0 Å². The summed E-state index contributed by atoms with van der Waals surface area (Å²) in [7, 11) is -1.42. The molecule has 0 aliphatic carbocycles. The molecule has 51 heavy (non-hydrogen) atoms. The zero-order valence-electron chi connectivity index (χ0n) is 31.9. The zero-order valence-corrected chi connectivity index (χ0v) is 37.4.